The highest BCUT2D eigenvalue weighted by Crippen LogP contribution is 2.27. The molecule has 0 aliphatic heterocycles. The molecule has 5 heteroatoms. The van der Waals surface area contributed by atoms with E-state index in [1.807, 2.05) is 13.8 Å². The standard InChI is InChI=1S/C22H39NO4.H2/c1-15(2)22(25)17-5-7-18(8-6-17)23-21(24)13-14-26-19-9-11-20(12-10-19)27-16(3)4;/h15-20H,5-14H2,1-4H3,(H,23,24);1H. The van der Waals surface area contributed by atoms with E-state index in [2.05, 4.69) is 19.2 Å². The summed E-state index contributed by atoms with van der Waals surface area (Å²) in [7, 11) is 0. The minimum atomic E-state index is 0. The van der Waals surface area contributed by atoms with Crippen molar-refractivity contribution in [3.63, 3.8) is 0 Å². The predicted octanol–water partition coefficient (Wildman–Crippen LogP) is 4.28. The van der Waals surface area contributed by atoms with Gasteiger partial charge >= 0.3 is 0 Å². The number of hydrogen-bond acceptors (Lipinski definition) is 4. The first-order valence-corrected chi connectivity index (χ1v) is 10.9. The molecule has 0 bridgehead atoms. The molecule has 2 rings (SSSR count). The summed E-state index contributed by atoms with van der Waals surface area (Å²) in [6.45, 7) is 8.60. The van der Waals surface area contributed by atoms with Crippen molar-refractivity contribution in [2.45, 2.75) is 110 Å². The third-order valence-electron chi connectivity index (χ3n) is 5.83. The molecular formula is C22H41NO4. The Morgan fingerprint density at radius 2 is 1.52 bits per heavy atom. The fraction of sp³-hybridized carbons (Fsp3) is 0.909. The van der Waals surface area contributed by atoms with E-state index in [4.69, 9.17) is 9.47 Å². The fourth-order valence-electron chi connectivity index (χ4n) is 4.33. The maximum absolute atomic E-state index is 12.2. The van der Waals surface area contributed by atoms with Gasteiger partial charge in [-0.25, -0.2) is 0 Å². The van der Waals surface area contributed by atoms with E-state index in [0.29, 0.717) is 24.9 Å². The maximum Gasteiger partial charge on any atom is 0.222 e. The molecule has 0 unspecified atom stereocenters. The molecule has 5 nitrogen and oxygen atoms in total. The van der Waals surface area contributed by atoms with E-state index in [9.17, 15) is 9.59 Å². The zero-order valence-corrected chi connectivity index (χ0v) is 17.7. The highest BCUT2D eigenvalue weighted by atomic mass is 16.5. The second-order valence-corrected chi connectivity index (χ2v) is 8.88. The Morgan fingerprint density at radius 3 is 2.07 bits per heavy atom. The van der Waals surface area contributed by atoms with E-state index < -0.39 is 0 Å². The van der Waals surface area contributed by atoms with Crippen molar-refractivity contribution in [3.8, 4) is 0 Å². The van der Waals surface area contributed by atoms with Gasteiger partial charge < -0.3 is 14.8 Å². The van der Waals surface area contributed by atoms with E-state index in [1.54, 1.807) is 0 Å². The van der Waals surface area contributed by atoms with Crippen LogP contribution in [0.15, 0.2) is 0 Å². The Labute approximate surface area is 166 Å². The highest BCUT2D eigenvalue weighted by Gasteiger charge is 2.28. The number of Topliss-reactive ketones (excluding diaryl/α,β-unsaturated/α-hetero) is 1. The van der Waals surface area contributed by atoms with E-state index in [1.165, 1.54) is 0 Å². The molecule has 2 saturated carbocycles. The largest absolute Gasteiger partial charge is 0.378 e. The van der Waals surface area contributed by atoms with Gasteiger partial charge in [-0.1, -0.05) is 13.8 Å². The van der Waals surface area contributed by atoms with Crippen LogP contribution in [-0.2, 0) is 19.1 Å². The molecule has 0 aromatic rings. The van der Waals surface area contributed by atoms with Gasteiger partial charge in [0.25, 0.3) is 0 Å². The highest BCUT2D eigenvalue weighted by molar-refractivity contribution is 5.83. The van der Waals surface area contributed by atoms with Crippen molar-refractivity contribution >= 4 is 11.7 Å². The Kier molecular flexibility index (Phi) is 9.24. The van der Waals surface area contributed by atoms with Crippen molar-refractivity contribution in [2.75, 3.05) is 6.61 Å². The van der Waals surface area contributed by atoms with Crippen LogP contribution in [-0.4, -0.2) is 42.7 Å². The predicted molar refractivity (Wildman–Crippen MR) is 109 cm³/mol. The molecule has 158 valence electrons. The number of rotatable bonds is 9. The van der Waals surface area contributed by atoms with Gasteiger partial charge in [-0.2, -0.15) is 0 Å². The van der Waals surface area contributed by atoms with Crippen LogP contribution >= 0.6 is 0 Å². The first-order valence-electron chi connectivity index (χ1n) is 10.9. The van der Waals surface area contributed by atoms with Crippen LogP contribution in [0.4, 0.5) is 0 Å². The van der Waals surface area contributed by atoms with E-state index in [0.717, 1.165) is 51.4 Å². The van der Waals surface area contributed by atoms with Gasteiger partial charge in [0, 0.05) is 25.7 Å². The molecular weight excluding hydrogens is 342 g/mol. The maximum atomic E-state index is 12.2. The Balaban J connectivity index is 0.00000392. The molecule has 0 saturated heterocycles. The molecule has 0 aromatic carbocycles. The summed E-state index contributed by atoms with van der Waals surface area (Å²) in [4.78, 5) is 24.3. The minimum absolute atomic E-state index is 0. The lowest BCUT2D eigenvalue weighted by atomic mass is 9.80. The molecule has 0 atom stereocenters. The van der Waals surface area contributed by atoms with Crippen LogP contribution < -0.4 is 5.32 Å². The minimum Gasteiger partial charge on any atom is -0.378 e. The number of ketones is 1. The molecule has 1 N–H and O–H groups in total. The summed E-state index contributed by atoms with van der Waals surface area (Å²) >= 11 is 0. The number of hydrogen-bond donors (Lipinski definition) is 1. The van der Waals surface area contributed by atoms with Gasteiger partial charge in [0.2, 0.25) is 5.91 Å². The zero-order valence-electron chi connectivity index (χ0n) is 17.7. The topological polar surface area (TPSA) is 64.6 Å². The molecule has 0 aromatic heterocycles. The summed E-state index contributed by atoms with van der Waals surface area (Å²) in [5.41, 5.74) is 0. The van der Waals surface area contributed by atoms with Gasteiger partial charge in [0.1, 0.15) is 5.78 Å². The molecule has 2 aliphatic carbocycles. The van der Waals surface area contributed by atoms with Crippen LogP contribution in [0.5, 0.6) is 0 Å². The zero-order chi connectivity index (χ0) is 19.8. The van der Waals surface area contributed by atoms with Gasteiger partial charge in [-0.3, -0.25) is 9.59 Å². The van der Waals surface area contributed by atoms with E-state index in [-0.39, 0.29) is 37.4 Å². The molecule has 0 heterocycles. The lowest BCUT2D eigenvalue weighted by molar-refractivity contribution is -0.127. The fourth-order valence-corrected chi connectivity index (χ4v) is 4.33. The summed E-state index contributed by atoms with van der Waals surface area (Å²) < 4.78 is 11.8. The van der Waals surface area contributed by atoms with Gasteiger partial charge in [-0.05, 0) is 65.2 Å². The Morgan fingerprint density at radius 1 is 0.926 bits per heavy atom. The molecule has 0 spiro atoms. The first-order chi connectivity index (χ1) is 12.8. The molecule has 1 amide bonds. The van der Waals surface area contributed by atoms with Crippen LogP contribution in [0.3, 0.4) is 0 Å². The molecule has 2 aliphatic rings. The third kappa shape index (κ3) is 7.90. The van der Waals surface area contributed by atoms with Gasteiger partial charge in [-0.15, -0.1) is 0 Å². The molecule has 2 fully saturated rings. The summed E-state index contributed by atoms with van der Waals surface area (Å²) in [5.74, 6) is 0.758. The van der Waals surface area contributed by atoms with Crippen LogP contribution in [0, 0.1) is 11.8 Å². The Hall–Kier alpha value is -0.940. The number of nitrogens with one attached hydrogen (secondary N) is 1. The van der Waals surface area contributed by atoms with Crippen LogP contribution in [0.25, 0.3) is 0 Å². The SMILES string of the molecule is CC(C)OC1CCC(OCCC(=O)NC2CCC(C(=O)C(C)C)CC2)CC1.[HH]. The van der Waals surface area contributed by atoms with Crippen molar-refractivity contribution in [2.24, 2.45) is 11.8 Å². The molecule has 27 heavy (non-hydrogen) atoms. The Bertz CT molecular complexity index is 467. The average Bonchev–Trinajstić information content (AvgIpc) is 2.62. The number of ether oxygens (including phenoxy) is 2. The quantitative estimate of drug-likeness (QED) is 0.645. The second-order valence-electron chi connectivity index (χ2n) is 8.88. The lowest BCUT2D eigenvalue weighted by Crippen LogP contribution is -2.39. The van der Waals surface area contributed by atoms with Crippen LogP contribution in [0.1, 0.15) is 86.9 Å². The monoisotopic (exact) mass is 383 g/mol. The normalized spacial score (nSPS) is 29.1. The lowest BCUT2D eigenvalue weighted by Gasteiger charge is -2.30. The summed E-state index contributed by atoms with van der Waals surface area (Å²) in [6, 6.07) is 0.220. The first kappa shape index (κ1) is 22.4. The van der Waals surface area contributed by atoms with Crippen molar-refractivity contribution in [1.82, 2.24) is 5.32 Å². The van der Waals surface area contributed by atoms with Gasteiger partial charge in [0.05, 0.1) is 24.9 Å². The third-order valence-corrected chi connectivity index (χ3v) is 5.83. The van der Waals surface area contributed by atoms with E-state index >= 15 is 0 Å². The number of carbonyl (C=O) groups excluding carboxylic acids is 2. The smallest absolute Gasteiger partial charge is 0.222 e. The summed E-state index contributed by atoms with van der Waals surface area (Å²) in [6.07, 6.45) is 9.11. The number of amides is 1. The van der Waals surface area contributed by atoms with Crippen molar-refractivity contribution < 1.29 is 20.5 Å². The molecule has 0 radical (unpaired) electrons. The van der Waals surface area contributed by atoms with Crippen molar-refractivity contribution in [1.29, 1.82) is 0 Å². The second kappa shape index (κ2) is 11.2. The van der Waals surface area contributed by atoms with Crippen LogP contribution in [0.2, 0.25) is 0 Å². The summed E-state index contributed by atoms with van der Waals surface area (Å²) in [5, 5.41) is 3.12. The van der Waals surface area contributed by atoms with Gasteiger partial charge in [0.15, 0.2) is 0 Å². The average molecular weight is 384 g/mol. The van der Waals surface area contributed by atoms with Crippen molar-refractivity contribution in [3.05, 3.63) is 0 Å². The number of carbonyl (C=O) groups is 2.